The van der Waals surface area contributed by atoms with Crippen molar-refractivity contribution in [2.75, 3.05) is 0 Å². The minimum absolute atomic E-state index is 0.350. The first kappa shape index (κ1) is 14.5. The summed E-state index contributed by atoms with van der Waals surface area (Å²) in [5.41, 5.74) is 6.80. The molecule has 0 spiro atoms. The first-order chi connectivity index (χ1) is 9.08. The number of nitrogens with two attached hydrogens (primary N) is 1. The number of thiazole rings is 1. The second-order valence-electron chi connectivity index (χ2n) is 4.44. The van der Waals surface area contributed by atoms with Crippen LogP contribution in [0.5, 0.6) is 0 Å². The summed E-state index contributed by atoms with van der Waals surface area (Å²) in [6.45, 7) is 4.23. The Labute approximate surface area is 127 Å². The van der Waals surface area contributed by atoms with Crippen LogP contribution in [0.2, 0.25) is 0 Å². The SMILES string of the molecule is CC(C)c1nc(CSc2ccccc2)sc1C(N)=S. The van der Waals surface area contributed by atoms with E-state index < -0.39 is 0 Å². The monoisotopic (exact) mass is 308 g/mol. The van der Waals surface area contributed by atoms with Gasteiger partial charge in [0.05, 0.1) is 16.3 Å². The number of nitrogens with zero attached hydrogens (tertiary/aromatic N) is 1. The molecule has 19 heavy (non-hydrogen) atoms. The molecular formula is C14H16N2S3. The maximum absolute atomic E-state index is 5.77. The van der Waals surface area contributed by atoms with Crippen molar-refractivity contribution in [3.05, 3.63) is 45.9 Å². The molecule has 0 unspecified atom stereocenters. The van der Waals surface area contributed by atoms with Crippen LogP contribution in [0.25, 0.3) is 0 Å². The molecule has 0 radical (unpaired) electrons. The maximum Gasteiger partial charge on any atom is 0.116 e. The molecule has 2 nitrogen and oxygen atoms in total. The molecule has 1 heterocycles. The highest BCUT2D eigenvalue weighted by molar-refractivity contribution is 7.98. The van der Waals surface area contributed by atoms with Gasteiger partial charge in [-0.3, -0.25) is 0 Å². The molecule has 0 fully saturated rings. The lowest BCUT2D eigenvalue weighted by Crippen LogP contribution is -2.10. The Balaban J connectivity index is 2.13. The Morgan fingerprint density at radius 1 is 1.37 bits per heavy atom. The van der Waals surface area contributed by atoms with Gasteiger partial charge >= 0.3 is 0 Å². The van der Waals surface area contributed by atoms with Crippen molar-refractivity contribution in [3.63, 3.8) is 0 Å². The second-order valence-corrected chi connectivity index (χ2v) is 7.01. The predicted octanol–water partition coefficient (Wildman–Crippen LogP) is 4.19. The molecule has 0 aliphatic carbocycles. The van der Waals surface area contributed by atoms with Gasteiger partial charge in [0.2, 0.25) is 0 Å². The fourth-order valence-electron chi connectivity index (χ4n) is 1.67. The van der Waals surface area contributed by atoms with Gasteiger partial charge in [-0.05, 0) is 18.1 Å². The minimum Gasteiger partial charge on any atom is -0.389 e. The molecule has 100 valence electrons. The fourth-order valence-corrected chi connectivity index (χ4v) is 3.88. The van der Waals surface area contributed by atoms with Crippen LogP contribution in [-0.2, 0) is 5.75 Å². The van der Waals surface area contributed by atoms with Gasteiger partial charge in [0.1, 0.15) is 10.00 Å². The zero-order chi connectivity index (χ0) is 13.8. The molecule has 2 N–H and O–H groups in total. The molecule has 0 atom stereocenters. The lowest BCUT2D eigenvalue weighted by molar-refractivity contribution is 0.826. The number of benzene rings is 1. The van der Waals surface area contributed by atoms with E-state index in [1.807, 2.05) is 18.2 Å². The summed E-state index contributed by atoms with van der Waals surface area (Å²) in [5.74, 6) is 1.21. The van der Waals surface area contributed by atoms with Crippen molar-refractivity contribution >= 4 is 40.3 Å². The van der Waals surface area contributed by atoms with Crippen LogP contribution in [0.3, 0.4) is 0 Å². The lowest BCUT2D eigenvalue weighted by atomic mass is 10.1. The molecule has 0 saturated carbocycles. The summed E-state index contributed by atoms with van der Waals surface area (Å²) in [6, 6.07) is 10.3. The van der Waals surface area contributed by atoms with E-state index in [0.29, 0.717) is 10.9 Å². The van der Waals surface area contributed by atoms with Gasteiger partial charge in [-0.2, -0.15) is 0 Å². The van der Waals surface area contributed by atoms with E-state index in [1.54, 1.807) is 23.1 Å². The molecule has 2 rings (SSSR count). The Bertz CT molecular complexity index is 561. The average Bonchev–Trinajstić information content (AvgIpc) is 2.82. The first-order valence-corrected chi connectivity index (χ1v) is 8.26. The van der Waals surface area contributed by atoms with Gasteiger partial charge in [0, 0.05) is 4.90 Å². The van der Waals surface area contributed by atoms with E-state index in [-0.39, 0.29) is 0 Å². The smallest absolute Gasteiger partial charge is 0.116 e. The van der Waals surface area contributed by atoms with E-state index in [0.717, 1.165) is 21.3 Å². The van der Waals surface area contributed by atoms with Crippen molar-refractivity contribution in [1.82, 2.24) is 4.98 Å². The first-order valence-electron chi connectivity index (χ1n) is 6.05. The standard InChI is InChI=1S/C14H16N2S3/c1-9(2)12-13(14(15)17)19-11(16-12)8-18-10-6-4-3-5-7-10/h3-7,9H,8H2,1-2H3,(H2,15,17). The number of hydrogen-bond acceptors (Lipinski definition) is 4. The van der Waals surface area contributed by atoms with E-state index in [1.165, 1.54) is 4.90 Å². The minimum atomic E-state index is 0.350. The van der Waals surface area contributed by atoms with Gasteiger partial charge in [0.15, 0.2) is 0 Å². The van der Waals surface area contributed by atoms with Gasteiger partial charge in [0.25, 0.3) is 0 Å². The van der Waals surface area contributed by atoms with Gasteiger partial charge in [-0.25, -0.2) is 4.98 Å². The number of hydrogen-bond donors (Lipinski definition) is 1. The molecule has 1 aromatic heterocycles. The molecule has 0 amide bonds. The second kappa shape index (κ2) is 6.50. The highest BCUT2D eigenvalue weighted by atomic mass is 32.2. The lowest BCUT2D eigenvalue weighted by Gasteiger charge is -2.02. The van der Waals surface area contributed by atoms with Gasteiger partial charge in [-0.15, -0.1) is 23.1 Å². The summed E-state index contributed by atoms with van der Waals surface area (Å²) in [4.78, 5) is 7.35. The molecular weight excluding hydrogens is 292 g/mol. The van der Waals surface area contributed by atoms with Gasteiger partial charge < -0.3 is 5.73 Å². The highest BCUT2D eigenvalue weighted by Gasteiger charge is 2.16. The Kier molecular flexibility index (Phi) is 4.96. The quantitative estimate of drug-likeness (QED) is 0.664. The molecule has 0 aliphatic rings. The third-order valence-electron chi connectivity index (χ3n) is 2.57. The Morgan fingerprint density at radius 3 is 2.58 bits per heavy atom. The Morgan fingerprint density at radius 2 is 2.05 bits per heavy atom. The largest absolute Gasteiger partial charge is 0.389 e. The molecule has 1 aromatic carbocycles. The van der Waals surface area contributed by atoms with Crippen LogP contribution in [0.4, 0.5) is 0 Å². The van der Waals surface area contributed by atoms with Crippen molar-refractivity contribution in [2.24, 2.45) is 5.73 Å². The molecule has 0 bridgehead atoms. The molecule has 2 aromatic rings. The van der Waals surface area contributed by atoms with Crippen molar-refractivity contribution in [3.8, 4) is 0 Å². The maximum atomic E-state index is 5.77. The van der Waals surface area contributed by atoms with E-state index in [2.05, 4.69) is 31.0 Å². The Hall–Kier alpha value is -0.910. The zero-order valence-electron chi connectivity index (χ0n) is 10.9. The van der Waals surface area contributed by atoms with Crippen LogP contribution in [0.1, 0.15) is 35.3 Å². The normalized spacial score (nSPS) is 10.9. The van der Waals surface area contributed by atoms with Crippen LogP contribution in [0, 0.1) is 0 Å². The summed E-state index contributed by atoms with van der Waals surface area (Å²) >= 11 is 8.50. The van der Waals surface area contributed by atoms with Gasteiger partial charge in [-0.1, -0.05) is 44.3 Å². The third kappa shape index (κ3) is 3.78. The third-order valence-corrected chi connectivity index (χ3v) is 5.22. The number of rotatable bonds is 5. The number of aromatic nitrogens is 1. The van der Waals surface area contributed by atoms with Crippen LogP contribution < -0.4 is 5.73 Å². The van der Waals surface area contributed by atoms with E-state index in [4.69, 9.17) is 18.0 Å². The average molecular weight is 308 g/mol. The molecule has 0 saturated heterocycles. The van der Waals surface area contributed by atoms with E-state index in [9.17, 15) is 0 Å². The molecule has 0 aliphatic heterocycles. The van der Waals surface area contributed by atoms with Crippen molar-refractivity contribution in [2.45, 2.75) is 30.4 Å². The van der Waals surface area contributed by atoms with Crippen molar-refractivity contribution in [1.29, 1.82) is 0 Å². The summed E-state index contributed by atoms with van der Waals surface area (Å²) in [7, 11) is 0. The molecule has 5 heteroatoms. The summed E-state index contributed by atoms with van der Waals surface area (Å²) in [6.07, 6.45) is 0. The summed E-state index contributed by atoms with van der Waals surface area (Å²) in [5, 5.41) is 1.08. The van der Waals surface area contributed by atoms with Crippen LogP contribution >= 0.6 is 35.3 Å². The van der Waals surface area contributed by atoms with Crippen LogP contribution in [-0.4, -0.2) is 9.97 Å². The highest BCUT2D eigenvalue weighted by Crippen LogP contribution is 2.29. The van der Waals surface area contributed by atoms with Crippen LogP contribution in [0.15, 0.2) is 35.2 Å². The predicted molar refractivity (Wildman–Crippen MR) is 88.1 cm³/mol. The van der Waals surface area contributed by atoms with Crippen molar-refractivity contribution < 1.29 is 0 Å². The number of thiocarbonyl (C=S) groups is 1. The summed E-state index contributed by atoms with van der Waals surface area (Å²) < 4.78 is 0. The zero-order valence-corrected chi connectivity index (χ0v) is 13.4. The van der Waals surface area contributed by atoms with E-state index >= 15 is 0 Å². The topological polar surface area (TPSA) is 38.9 Å². The number of thioether (sulfide) groups is 1. The fraction of sp³-hybridized carbons (Fsp3) is 0.286.